The summed E-state index contributed by atoms with van der Waals surface area (Å²) in [7, 11) is -3.22. The Balaban J connectivity index is 2.10. The van der Waals surface area contributed by atoms with Gasteiger partial charge >= 0.3 is 0 Å². The number of aryl methyl sites for hydroxylation is 2. The van der Waals surface area contributed by atoms with Gasteiger partial charge in [0.05, 0.1) is 11.4 Å². The molecule has 0 fully saturated rings. The minimum atomic E-state index is -3.22. The normalized spacial score (nSPS) is 11.7. The van der Waals surface area contributed by atoms with E-state index in [4.69, 9.17) is 4.52 Å². The van der Waals surface area contributed by atoms with Gasteiger partial charge in [0.25, 0.3) is 0 Å². The summed E-state index contributed by atoms with van der Waals surface area (Å²) in [6.45, 7) is 3.73. The molecule has 0 saturated heterocycles. The van der Waals surface area contributed by atoms with Crippen LogP contribution in [0.25, 0.3) is 0 Å². The van der Waals surface area contributed by atoms with Gasteiger partial charge in [-0.2, -0.15) is 0 Å². The van der Waals surface area contributed by atoms with Gasteiger partial charge in [-0.25, -0.2) is 8.42 Å². The molecule has 1 heterocycles. The lowest BCUT2D eigenvalue weighted by Crippen LogP contribution is -2.07. The third-order valence-corrected chi connectivity index (χ3v) is 4.04. The maximum Gasteiger partial charge on any atom is 0.161 e. The van der Waals surface area contributed by atoms with E-state index in [2.05, 4.69) is 5.16 Å². The minimum absolute atomic E-state index is 0.0209. The molecule has 0 bridgehead atoms. The zero-order valence-corrected chi connectivity index (χ0v) is 11.2. The third kappa shape index (κ3) is 3.43. The van der Waals surface area contributed by atoms with Gasteiger partial charge < -0.3 is 4.52 Å². The average Bonchev–Trinajstić information content (AvgIpc) is 2.66. The van der Waals surface area contributed by atoms with Crippen molar-refractivity contribution >= 4 is 9.84 Å². The van der Waals surface area contributed by atoms with Crippen molar-refractivity contribution in [3.8, 4) is 0 Å². The van der Waals surface area contributed by atoms with Crippen molar-refractivity contribution in [2.75, 3.05) is 0 Å². The van der Waals surface area contributed by atoms with E-state index in [-0.39, 0.29) is 11.5 Å². The molecule has 0 N–H and O–H groups in total. The smallest absolute Gasteiger partial charge is 0.161 e. The van der Waals surface area contributed by atoms with Crippen molar-refractivity contribution < 1.29 is 12.9 Å². The van der Waals surface area contributed by atoms with E-state index >= 15 is 0 Å². The van der Waals surface area contributed by atoms with Crippen LogP contribution in [-0.4, -0.2) is 13.6 Å². The van der Waals surface area contributed by atoms with E-state index < -0.39 is 9.84 Å². The highest BCUT2D eigenvalue weighted by molar-refractivity contribution is 7.89. The molecule has 2 rings (SSSR count). The predicted octanol–water partition coefficient (Wildman–Crippen LogP) is 2.41. The highest BCUT2D eigenvalue weighted by Gasteiger charge is 2.16. The molecule has 4 nitrogen and oxygen atoms in total. The van der Waals surface area contributed by atoms with Gasteiger partial charge in [0.15, 0.2) is 15.6 Å². The summed E-state index contributed by atoms with van der Waals surface area (Å²) in [6, 6.07) is 9.12. The second-order valence-electron chi connectivity index (χ2n) is 4.45. The quantitative estimate of drug-likeness (QED) is 0.851. The van der Waals surface area contributed by atoms with Gasteiger partial charge in [-0.3, -0.25) is 0 Å². The number of nitrogens with zero attached hydrogens (tertiary/aromatic N) is 1. The Labute approximate surface area is 107 Å². The lowest BCUT2D eigenvalue weighted by molar-refractivity contribution is 0.388. The van der Waals surface area contributed by atoms with E-state index in [1.54, 1.807) is 13.0 Å². The fourth-order valence-corrected chi connectivity index (χ4v) is 3.06. The Morgan fingerprint density at radius 3 is 2.33 bits per heavy atom. The third-order valence-electron chi connectivity index (χ3n) is 2.55. The molecule has 0 radical (unpaired) electrons. The van der Waals surface area contributed by atoms with Crippen LogP contribution in [0.4, 0.5) is 0 Å². The van der Waals surface area contributed by atoms with Crippen LogP contribution in [0.1, 0.15) is 22.6 Å². The van der Waals surface area contributed by atoms with E-state index in [1.165, 1.54) is 0 Å². The van der Waals surface area contributed by atoms with Crippen LogP contribution in [0.15, 0.2) is 34.9 Å². The van der Waals surface area contributed by atoms with Gasteiger partial charge in [0.1, 0.15) is 5.75 Å². The Morgan fingerprint density at radius 1 is 1.11 bits per heavy atom. The standard InChI is InChI=1S/C13H15NO3S/c1-10-3-5-12(6-4-10)8-18(15,16)9-13-7-11(2)14-17-13/h3-7H,8-9H2,1-2H3. The molecule has 0 aliphatic carbocycles. The zero-order chi connectivity index (χ0) is 13.2. The Bertz CT molecular complexity index is 627. The predicted molar refractivity (Wildman–Crippen MR) is 68.7 cm³/mol. The first kappa shape index (κ1) is 12.8. The van der Waals surface area contributed by atoms with Crippen LogP contribution in [0, 0.1) is 13.8 Å². The lowest BCUT2D eigenvalue weighted by Gasteiger charge is -2.02. The molecule has 0 amide bonds. The first-order valence-corrected chi connectivity index (χ1v) is 7.45. The van der Waals surface area contributed by atoms with Crippen LogP contribution < -0.4 is 0 Å². The molecule has 5 heteroatoms. The van der Waals surface area contributed by atoms with E-state index in [0.29, 0.717) is 11.5 Å². The van der Waals surface area contributed by atoms with Crippen LogP contribution in [0.5, 0.6) is 0 Å². The maximum atomic E-state index is 12.0. The summed E-state index contributed by atoms with van der Waals surface area (Å²) >= 11 is 0. The first-order valence-electron chi connectivity index (χ1n) is 5.63. The SMILES string of the molecule is Cc1ccc(CS(=O)(=O)Cc2cc(C)no2)cc1. The van der Waals surface area contributed by atoms with Gasteiger partial charge in [0, 0.05) is 6.07 Å². The van der Waals surface area contributed by atoms with Gasteiger partial charge in [-0.15, -0.1) is 0 Å². The number of hydrogen-bond donors (Lipinski definition) is 0. The zero-order valence-electron chi connectivity index (χ0n) is 10.4. The second kappa shape index (κ2) is 4.94. The van der Waals surface area contributed by atoms with E-state index in [0.717, 1.165) is 11.1 Å². The van der Waals surface area contributed by atoms with Crippen molar-refractivity contribution in [2.45, 2.75) is 25.4 Å². The number of aromatic nitrogens is 1. The molecular formula is C13H15NO3S. The van der Waals surface area contributed by atoms with Gasteiger partial charge in [0.2, 0.25) is 0 Å². The maximum absolute atomic E-state index is 12.0. The van der Waals surface area contributed by atoms with E-state index in [1.807, 2.05) is 31.2 Å². The second-order valence-corrected chi connectivity index (χ2v) is 6.52. The highest BCUT2D eigenvalue weighted by atomic mass is 32.2. The van der Waals surface area contributed by atoms with Crippen molar-refractivity contribution in [3.05, 3.63) is 52.9 Å². The van der Waals surface area contributed by atoms with Crippen LogP contribution >= 0.6 is 0 Å². The minimum Gasteiger partial charge on any atom is -0.360 e. The van der Waals surface area contributed by atoms with Crippen LogP contribution in [0.2, 0.25) is 0 Å². The van der Waals surface area contributed by atoms with Crippen molar-refractivity contribution in [1.29, 1.82) is 0 Å². The summed E-state index contributed by atoms with van der Waals surface area (Å²) in [6.07, 6.45) is 0. The summed E-state index contributed by atoms with van der Waals surface area (Å²) in [4.78, 5) is 0. The number of sulfone groups is 1. The number of rotatable bonds is 4. The molecule has 0 spiro atoms. The number of hydrogen-bond acceptors (Lipinski definition) is 4. The largest absolute Gasteiger partial charge is 0.360 e. The van der Waals surface area contributed by atoms with Crippen LogP contribution in [0.3, 0.4) is 0 Å². The van der Waals surface area contributed by atoms with Crippen molar-refractivity contribution in [3.63, 3.8) is 0 Å². The summed E-state index contributed by atoms with van der Waals surface area (Å²) < 4.78 is 28.9. The Morgan fingerprint density at radius 2 is 1.78 bits per heavy atom. The van der Waals surface area contributed by atoms with Gasteiger partial charge in [-0.1, -0.05) is 35.0 Å². The molecular weight excluding hydrogens is 250 g/mol. The molecule has 0 saturated carbocycles. The molecule has 0 aliphatic heterocycles. The molecule has 1 aromatic heterocycles. The lowest BCUT2D eigenvalue weighted by atomic mass is 10.2. The molecule has 1 aromatic carbocycles. The molecule has 96 valence electrons. The summed E-state index contributed by atoms with van der Waals surface area (Å²) in [5, 5.41) is 3.68. The molecule has 2 aromatic rings. The van der Waals surface area contributed by atoms with Crippen LogP contribution in [-0.2, 0) is 21.3 Å². The number of benzene rings is 1. The topological polar surface area (TPSA) is 60.2 Å². The Kier molecular flexibility index (Phi) is 3.52. The van der Waals surface area contributed by atoms with E-state index in [9.17, 15) is 8.42 Å². The fourth-order valence-electron chi connectivity index (χ4n) is 1.69. The Hall–Kier alpha value is -1.62. The molecule has 18 heavy (non-hydrogen) atoms. The molecule has 0 aliphatic rings. The summed E-state index contributed by atoms with van der Waals surface area (Å²) in [5.41, 5.74) is 2.59. The first-order chi connectivity index (χ1) is 8.44. The monoisotopic (exact) mass is 265 g/mol. The van der Waals surface area contributed by atoms with Crippen molar-refractivity contribution in [1.82, 2.24) is 5.16 Å². The highest BCUT2D eigenvalue weighted by Crippen LogP contribution is 2.13. The summed E-state index contributed by atoms with van der Waals surface area (Å²) in [5.74, 6) is 0.300. The fraction of sp³-hybridized carbons (Fsp3) is 0.308. The molecule has 0 atom stereocenters. The van der Waals surface area contributed by atoms with Gasteiger partial charge in [-0.05, 0) is 19.4 Å². The molecule has 0 unspecified atom stereocenters. The van der Waals surface area contributed by atoms with Crippen molar-refractivity contribution in [2.24, 2.45) is 0 Å². The average molecular weight is 265 g/mol.